The molecule has 1 heteroatoms. The number of hydrogen-bond donors (Lipinski definition) is 0. The molecule has 0 unspecified atom stereocenters. The largest absolute Gasteiger partial charge is 0.265 e. The highest BCUT2D eigenvalue weighted by molar-refractivity contribution is 5.73. The third-order valence-corrected chi connectivity index (χ3v) is 1.66. The van der Waals surface area contributed by atoms with Crippen LogP contribution in [0.25, 0.3) is 0 Å². The third kappa shape index (κ3) is 8.69. The molecule has 1 nitrogen and oxygen atoms in total. The average molecular weight is 201 g/mol. The predicted octanol–water partition coefficient (Wildman–Crippen LogP) is 4.23. The Bertz CT molecular complexity index is 325. The number of allylic oxidation sites excluding steroid dienone is 8. The van der Waals surface area contributed by atoms with Crippen LogP contribution in [-0.4, -0.2) is 6.21 Å². The van der Waals surface area contributed by atoms with Crippen molar-refractivity contribution in [3.05, 3.63) is 60.4 Å². The second-order valence-electron chi connectivity index (χ2n) is 3.17. The van der Waals surface area contributed by atoms with Gasteiger partial charge >= 0.3 is 0 Å². The number of aliphatic imine (C=N–C) groups is 1. The van der Waals surface area contributed by atoms with E-state index >= 15 is 0 Å². The Balaban J connectivity index is 4.16. The summed E-state index contributed by atoms with van der Waals surface area (Å²) in [5, 5.41) is 0. The Morgan fingerprint density at radius 2 is 1.73 bits per heavy atom. The fourth-order valence-electron chi connectivity index (χ4n) is 0.931. The van der Waals surface area contributed by atoms with Crippen LogP contribution in [0.1, 0.15) is 20.8 Å². The molecule has 0 N–H and O–H groups in total. The summed E-state index contributed by atoms with van der Waals surface area (Å²) in [6.45, 7) is 9.67. The second kappa shape index (κ2) is 8.95. The molecule has 0 aromatic carbocycles. The molecule has 0 aliphatic heterocycles. The van der Waals surface area contributed by atoms with E-state index < -0.39 is 0 Å². The lowest BCUT2D eigenvalue weighted by atomic mass is 10.2. The Hall–Kier alpha value is -1.63. The van der Waals surface area contributed by atoms with E-state index in [4.69, 9.17) is 0 Å². The maximum Gasteiger partial charge on any atom is 0.0270 e. The van der Waals surface area contributed by atoms with Gasteiger partial charge in [-0.25, -0.2) is 0 Å². The molecule has 0 fully saturated rings. The van der Waals surface area contributed by atoms with E-state index in [2.05, 4.69) is 11.6 Å². The van der Waals surface area contributed by atoms with Crippen LogP contribution >= 0.6 is 0 Å². The van der Waals surface area contributed by atoms with Crippen molar-refractivity contribution in [1.82, 2.24) is 0 Å². The Morgan fingerprint density at radius 1 is 1.07 bits per heavy atom. The summed E-state index contributed by atoms with van der Waals surface area (Å²) in [6, 6.07) is 0. The van der Waals surface area contributed by atoms with Gasteiger partial charge in [-0.05, 0) is 44.1 Å². The van der Waals surface area contributed by atoms with Gasteiger partial charge in [-0.1, -0.05) is 30.9 Å². The number of nitrogens with zero attached hydrogens (tertiary/aromatic N) is 1. The van der Waals surface area contributed by atoms with Gasteiger partial charge < -0.3 is 0 Å². The molecule has 0 aliphatic carbocycles. The van der Waals surface area contributed by atoms with Crippen LogP contribution in [0.15, 0.2) is 65.4 Å². The van der Waals surface area contributed by atoms with E-state index in [9.17, 15) is 0 Å². The van der Waals surface area contributed by atoms with Crippen molar-refractivity contribution in [3.8, 4) is 0 Å². The maximum absolute atomic E-state index is 4.12. The molecule has 0 saturated heterocycles. The van der Waals surface area contributed by atoms with Crippen molar-refractivity contribution in [2.75, 3.05) is 0 Å². The van der Waals surface area contributed by atoms with Gasteiger partial charge in [-0.3, -0.25) is 4.99 Å². The van der Waals surface area contributed by atoms with Crippen LogP contribution in [0.5, 0.6) is 0 Å². The highest BCUT2D eigenvalue weighted by Gasteiger charge is 1.76. The monoisotopic (exact) mass is 201 g/mol. The van der Waals surface area contributed by atoms with Crippen LogP contribution < -0.4 is 0 Å². The fourth-order valence-corrected chi connectivity index (χ4v) is 0.931. The van der Waals surface area contributed by atoms with E-state index in [0.717, 1.165) is 5.57 Å². The van der Waals surface area contributed by atoms with Gasteiger partial charge in [-0.2, -0.15) is 0 Å². The minimum Gasteiger partial charge on any atom is -0.265 e. The first-order valence-corrected chi connectivity index (χ1v) is 4.99. The summed E-state index contributed by atoms with van der Waals surface area (Å²) >= 11 is 0. The Kier molecular flexibility index (Phi) is 7.97. The van der Waals surface area contributed by atoms with Crippen molar-refractivity contribution in [2.24, 2.45) is 4.99 Å². The molecule has 0 amide bonds. The Morgan fingerprint density at radius 3 is 2.33 bits per heavy atom. The molecule has 0 aromatic heterocycles. The molecule has 0 heterocycles. The second-order valence-corrected chi connectivity index (χ2v) is 3.17. The summed E-state index contributed by atoms with van der Waals surface area (Å²) in [4.78, 5) is 4.12. The zero-order valence-corrected chi connectivity index (χ0v) is 9.77. The molecule has 0 rings (SSSR count). The molecule has 0 spiro atoms. The minimum atomic E-state index is 1.14. The van der Waals surface area contributed by atoms with Crippen LogP contribution in [0, 0.1) is 0 Å². The molecule has 0 bridgehead atoms. The van der Waals surface area contributed by atoms with Gasteiger partial charge in [0.05, 0.1) is 0 Å². The standard InChI is InChI=1S/C14H19N/c1-5-7-13(3)9-11-15-12-10-14(4)8-6-2/h5-12H,1H2,2-4H3/b8-6-,11-9-,13-7-,14-10-,15-12+. The molecule has 0 atom stereocenters. The van der Waals surface area contributed by atoms with E-state index in [0.29, 0.717) is 0 Å². The molecule has 0 saturated carbocycles. The highest BCUT2D eigenvalue weighted by Crippen LogP contribution is 1.95. The van der Waals surface area contributed by atoms with Gasteiger partial charge in [0.15, 0.2) is 0 Å². The molecular weight excluding hydrogens is 182 g/mol. The van der Waals surface area contributed by atoms with Crippen LogP contribution in [0.4, 0.5) is 0 Å². The van der Waals surface area contributed by atoms with Crippen molar-refractivity contribution >= 4 is 6.21 Å². The van der Waals surface area contributed by atoms with Crippen molar-refractivity contribution in [1.29, 1.82) is 0 Å². The first kappa shape index (κ1) is 13.4. The summed E-state index contributed by atoms with van der Waals surface area (Å²) in [5.41, 5.74) is 2.32. The normalized spacial score (nSPS) is 14.6. The lowest BCUT2D eigenvalue weighted by Crippen LogP contribution is -1.70. The number of rotatable bonds is 5. The highest BCUT2D eigenvalue weighted by atomic mass is 14.7. The quantitative estimate of drug-likeness (QED) is 0.466. The molecule has 0 radical (unpaired) electrons. The van der Waals surface area contributed by atoms with E-state index in [-0.39, 0.29) is 0 Å². The van der Waals surface area contributed by atoms with E-state index in [1.807, 2.05) is 51.2 Å². The zero-order chi connectivity index (χ0) is 11.5. The minimum absolute atomic E-state index is 1.14. The van der Waals surface area contributed by atoms with Gasteiger partial charge in [-0.15, -0.1) is 0 Å². The molecule has 0 aromatic rings. The lowest BCUT2D eigenvalue weighted by molar-refractivity contribution is 1.47. The van der Waals surface area contributed by atoms with Crippen LogP contribution in [-0.2, 0) is 0 Å². The smallest absolute Gasteiger partial charge is 0.0270 e. The van der Waals surface area contributed by atoms with Crippen molar-refractivity contribution < 1.29 is 0 Å². The first-order valence-electron chi connectivity index (χ1n) is 4.99. The van der Waals surface area contributed by atoms with Crippen LogP contribution in [0.3, 0.4) is 0 Å². The maximum atomic E-state index is 4.12. The summed E-state index contributed by atoms with van der Waals surface area (Å²) in [7, 11) is 0. The summed E-state index contributed by atoms with van der Waals surface area (Å²) in [6.07, 6.45) is 15.2. The average Bonchev–Trinajstić information content (AvgIpc) is 2.18. The van der Waals surface area contributed by atoms with Gasteiger partial charge in [0, 0.05) is 12.4 Å². The zero-order valence-electron chi connectivity index (χ0n) is 9.77. The fraction of sp³-hybridized carbons (Fsp3) is 0.214. The van der Waals surface area contributed by atoms with Crippen molar-refractivity contribution in [2.45, 2.75) is 20.8 Å². The number of hydrogen-bond acceptors (Lipinski definition) is 1. The first-order chi connectivity index (χ1) is 7.20. The molecular formula is C14H19N. The van der Waals surface area contributed by atoms with Gasteiger partial charge in [0.1, 0.15) is 0 Å². The molecule has 0 aliphatic rings. The van der Waals surface area contributed by atoms with Gasteiger partial charge in [0.2, 0.25) is 0 Å². The van der Waals surface area contributed by atoms with Gasteiger partial charge in [0.25, 0.3) is 0 Å². The lowest BCUT2D eigenvalue weighted by Gasteiger charge is -1.86. The van der Waals surface area contributed by atoms with Crippen molar-refractivity contribution in [3.63, 3.8) is 0 Å². The predicted molar refractivity (Wildman–Crippen MR) is 70.2 cm³/mol. The molecule has 15 heavy (non-hydrogen) atoms. The topological polar surface area (TPSA) is 12.4 Å². The Labute approximate surface area is 92.9 Å². The SMILES string of the molecule is C=C\C=C(C)/C=C\N=C\C=C(C)/C=C\C. The third-order valence-electron chi connectivity index (χ3n) is 1.66. The van der Waals surface area contributed by atoms with Crippen LogP contribution in [0.2, 0.25) is 0 Å². The summed E-state index contributed by atoms with van der Waals surface area (Å²) < 4.78 is 0. The van der Waals surface area contributed by atoms with E-state index in [1.165, 1.54) is 5.57 Å². The molecule has 80 valence electrons. The summed E-state index contributed by atoms with van der Waals surface area (Å²) in [5.74, 6) is 0. The van der Waals surface area contributed by atoms with E-state index in [1.54, 1.807) is 18.5 Å².